The van der Waals surface area contributed by atoms with Crippen LogP contribution in [-0.4, -0.2) is 59.7 Å². The van der Waals surface area contributed by atoms with E-state index < -0.39 is 17.8 Å². The van der Waals surface area contributed by atoms with Crippen molar-refractivity contribution in [3.8, 4) is 0 Å². The summed E-state index contributed by atoms with van der Waals surface area (Å²) in [6, 6.07) is 19.7. The molecule has 5 heteroatoms. The fourth-order valence-electron chi connectivity index (χ4n) is 3.53. The second kappa shape index (κ2) is 10.1. The topological polar surface area (TPSA) is 62.2 Å². The zero-order valence-electron chi connectivity index (χ0n) is 16.5. The summed E-state index contributed by atoms with van der Waals surface area (Å²) in [5, 5.41) is 22.2. The first-order valence-electron chi connectivity index (χ1n) is 9.93. The first-order valence-corrected chi connectivity index (χ1v) is 9.93. The van der Waals surface area contributed by atoms with Crippen molar-refractivity contribution < 1.29 is 19.7 Å². The summed E-state index contributed by atoms with van der Waals surface area (Å²) in [6.07, 6.45) is -0.357. The van der Waals surface area contributed by atoms with Gasteiger partial charge < -0.3 is 24.6 Å². The molecule has 1 saturated heterocycles. The maximum absolute atomic E-state index is 11.2. The Morgan fingerprint density at radius 2 is 1.57 bits per heavy atom. The molecule has 1 aliphatic heterocycles. The van der Waals surface area contributed by atoms with Crippen LogP contribution in [0.4, 0.5) is 0 Å². The van der Waals surface area contributed by atoms with Crippen LogP contribution in [0.25, 0.3) is 0 Å². The number of aliphatic hydroxyl groups is 2. The molecular weight excluding hydrogens is 354 g/mol. The van der Waals surface area contributed by atoms with Crippen LogP contribution in [0, 0.1) is 0 Å². The summed E-state index contributed by atoms with van der Waals surface area (Å²) in [5.41, 5.74) is 0.750. The van der Waals surface area contributed by atoms with Gasteiger partial charge in [-0.1, -0.05) is 60.7 Å². The van der Waals surface area contributed by atoms with Crippen molar-refractivity contribution in [1.82, 2.24) is 4.90 Å². The summed E-state index contributed by atoms with van der Waals surface area (Å²) in [7, 11) is 2.03. The lowest BCUT2D eigenvalue weighted by Gasteiger charge is -2.40. The minimum atomic E-state index is -1.34. The van der Waals surface area contributed by atoms with Gasteiger partial charge in [-0.05, 0) is 31.0 Å². The molecule has 0 bridgehead atoms. The smallest absolute Gasteiger partial charge is 0.117 e. The van der Waals surface area contributed by atoms with Gasteiger partial charge in [-0.25, -0.2) is 0 Å². The highest BCUT2D eigenvalue weighted by Gasteiger charge is 2.42. The molecule has 1 heterocycles. The molecule has 152 valence electrons. The monoisotopic (exact) mass is 385 g/mol. The lowest BCUT2D eigenvalue weighted by molar-refractivity contribution is -0.183. The number of hydrogen-bond donors (Lipinski definition) is 2. The summed E-state index contributed by atoms with van der Waals surface area (Å²) < 4.78 is 11.8. The van der Waals surface area contributed by atoms with Gasteiger partial charge in [-0.15, -0.1) is 0 Å². The fourth-order valence-corrected chi connectivity index (χ4v) is 3.53. The maximum Gasteiger partial charge on any atom is 0.117 e. The van der Waals surface area contributed by atoms with Crippen LogP contribution in [0.3, 0.4) is 0 Å². The molecule has 28 heavy (non-hydrogen) atoms. The van der Waals surface area contributed by atoms with Gasteiger partial charge in [-0.3, -0.25) is 0 Å². The molecule has 0 radical (unpaired) electrons. The number of nitrogens with zero attached hydrogens (tertiary/aromatic N) is 1. The van der Waals surface area contributed by atoms with Crippen LogP contribution < -0.4 is 0 Å². The summed E-state index contributed by atoms with van der Waals surface area (Å²) in [4.78, 5) is 2.16. The molecule has 2 N–H and O–H groups in total. The predicted octanol–water partition coefficient (Wildman–Crippen LogP) is 2.61. The fraction of sp³-hybridized carbons (Fsp3) is 0.478. The van der Waals surface area contributed by atoms with Gasteiger partial charge in [0.15, 0.2) is 0 Å². The Morgan fingerprint density at radius 1 is 0.964 bits per heavy atom. The van der Waals surface area contributed by atoms with E-state index in [1.807, 2.05) is 67.7 Å². The van der Waals surface area contributed by atoms with Crippen molar-refractivity contribution in [2.45, 2.75) is 43.9 Å². The van der Waals surface area contributed by atoms with Gasteiger partial charge in [0.25, 0.3) is 0 Å². The number of likely N-dealkylation sites (tertiary alicyclic amines) is 1. The molecule has 0 aliphatic carbocycles. The lowest BCUT2D eigenvalue weighted by atomic mass is 9.87. The van der Waals surface area contributed by atoms with E-state index in [9.17, 15) is 10.2 Å². The summed E-state index contributed by atoms with van der Waals surface area (Å²) in [5.74, 6) is 0. The van der Waals surface area contributed by atoms with Crippen molar-refractivity contribution in [3.63, 3.8) is 0 Å². The molecule has 1 fully saturated rings. The van der Waals surface area contributed by atoms with Gasteiger partial charge in [0.05, 0.1) is 25.9 Å². The van der Waals surface area contributed by atoms with Gasteiger partial charge in [0, 0.05) is 13.1 Å². The molecule has 3 rings (SSSR count). The van der Waals surface area contributed by atoms with Gasteiger partial charge in [0.1, 0.15) is 11.7 Å². The molecule has 2 aromatic rings. The highest BCUT2D eigenvalue weighted by atomic mass is 16.5. The number of ether oxygens (including phenoxy) is 2. The van der Waals surface area contributed by atoms with E-state index in [0.717, 1.165) is 17.7 Å². The van der Waals surface area contributed by atoms with E-state index >= 15 is 0 Å². The Balaban J connectivity index is 1.63. The molecular formula is C23H31NO4. The standard InChI is InChI=1S/C23H31NO4/c1-24-14-12-21(28-17-20-10-6-3-7-11-20)22(25)23(26,13-15-24)18-27-16-19-8-4-2-5-9-19/h2-11,21-22,25-26H,12-18H2,1H3/t21-,22+,23+/m1/s1. The van der Waals surface area contributed by atoms with E-state index in [4.69, 9.17) is 9.47 Å². The van der Waals surface area contributed by atoms with Crippen LogP contribution in [0.5, 0.6) is 0 Å². The van der Waals surface area contributed by atoms with Gasteiger partial charge >= 0.3 is 0 Å². The molecule has 0 spiro atoms. The Bertz CT molecular complexity index is 696. The molecule has 0 amide bonds. The Morgan fingerprint density at radius 3 is 2.21 bits per heavy atom. The van der Waals surface area contributed by atoms with Crippen molar-refractivity contribution in [1.29, 1.82) is 0 Å². The van der Waals surface area contributed by atoms with Crippen molar-refractivity contribution in [2.24, 2.45) is 0 Å². The quantitative estimate of drug-likeness (QED) is 0.767. The molecule has 0 aromatic heterocycles. The minimum Gasteiger partial charge on any atom is -0.387 e. The second-order valence-corrected chi connectivity index (χ2v) is 7.70. The van der Waals surface area contributed by atoms with E-state index in [1.54, 1.807) is 0 Å². The lowest BCUT2D eigenvalue weighted by Crippen LogP contribution is -2.56. The number of hydrogen-bond acceptors (Lipinski definition) is 5. The molecule has 5 nitrogen and oxygen atoms in total. The third-order valence-electron chi connectivity index (χ3n) is 5.39. The number of aliphatic hydroxyl groups excluding tert-OH is 1. The summed E-state index contributed by atoms with van der Waals surface area (Å²) in [6.45, 7) is 2.40. The summed E-state index contributed by atoms with van der Waals surface area (Å²) >= 11 is 0. The normalized spacial score (nSPS) is 26.5. The van der Waals surface area contributed by atoms with Crippen LogP contribution in [0.1, 0.15) is 24.0 Å². The third-order valence-corrected chi connectivity index (χ3v) is 5.39. The second-order valence-electron chi connectivity index (χ2n) is 7.70. The van der Waals surface area contributed by atoms with Crippen molar-refractivity contribution >= 4 is 0 Å². The molecule has 2 aromatic carbocycles. The van der Waals surface area contributed by atoms with Crippen LogP contribution >= 0.6 is 0 Å². The molecule has 0 saturated carbocycles. The highest BCUT2D eigenvalue weighted by Crippen LogP contribution is 2.26. The molecule has 1 aliphatic rings. The Kier molecular flexibility index (Phi) is 7.59. The zero-order chi connectivity index (χ0) is 19.8. The number of benzene rings is 2. The minimum absolute atomic E-state index is 0.0715. The first-order chi connectivity index (χ1) is 13.6. The van der Waals surface area contributed by atoms with Crippen LogP contribution in [-0.2, 0) is 22.7 Å². The van der Waals surface area contributed by atoms with Gasteiger partial charge in [0.2, 0.25) is 0 Å². The largest absolute Gasteiger partial charge is 0.387 e. The predicted molar refractivity (Wildman–Crippen MR) is 109 cm³/mol. The SMILES string of the molecule is CN1CC[C@@H](OCc2ccccc2)[C@H](O)[C@@](O)(COCc2ccccc2)CC1. The first kappa shape index (κ1) is 21.0. The van der Waals surface area contributed by atoms with E-state index in [0.29, 0.717) is 32.6 Å². The number of rotatable bonds is 7. The Hall–Kier alpha value is -1.76. The van der Waals surface area contributed by atoms with E-state index in [2.05, 4.69) is 4.90 Å². The van der Waals surface area contributed by atoms with Crippen molar-refractivity contribution in [3.05, 3.63) is 71.8 Å². The van der Waals surface area contributed by atoms with Crippen LogP contribution in [0.2, 0.25) is 0 Å². The average molecular weight is 386 g/mol. The van der Waals surface area contributed by atoms with Gasteiger partial charge in [-0.2, -0.15) is 0 Å². The van der Waals surface area contributed by atoms with Crippen molar-refractivity contribution in [2.75, 3.05) is 26.7 Å². The zero-order valence-corrected chi connectivity index (χ0v) is 16.5. The average Bonchev–Trinajstić information content (AvgIpc) is 2.73. The van der Waals surface area contributed by atoms with E-state index in [1.165, 1.54) is 0 Å². The maximum atomic E-state index is 11.2. The highest BCUT2D eigenvalue weighted by molar-refractivity contribution is 5.14. The molecule has 3 atom stereocenters. The Labute approximate surface area is 167 Å². The third kappa shape index (κ3) is 5.87. The molecule has 0 unspecified atom stereocenters. The van der Waals surface area contributed by atoms with E-state index in [-0.39, 0.29) is 6.61 Å². The van der Waals surface area contributed by atoms with Crippen LogP contribution in [0.15, 0.2) is 60.7 Å².